The highest BCUT2D eigenvalue weighted by Gasteiger charge is 2.04. The molecule has 0 aliphatic rings. The molecule has 0 saturated carbocycles. The van der Waals surface area contributed by atoms with E-state index in [-0.39, 0.29) is 41.7 Å². The summed E-state index contributed by atoms with van der Waals surface area (Å²) in [6.45, 7) is 6.06. The number of carbonyl (C=O) groups excluding carboxylic acids is 6. The maximum absolute atomic E-state index is 9.89. The molecular weight excluding hydrogens is 446 g/mol. The lowest BCUT2D eigenvalue weighted by Crippen LogP contribution is -2.45. The normalized spacial score (nSPS) is 7.27. The second-order valence-electron chi connectivity index (χ2n) is 5.75. The predicted molar refractivity (Wildman–Crippen MR) is 111 cm³/mol. The van der Waals surface area contributed by atoms with Gasteiger partial charge >= 0.3 is 0 Å². The SMILES string of the molecule is C.C.C.CC(=O)[O-].CC(=O)[O-].CC(=O)[O-].CCC(=O)[O-].CCC(=O)[O-].C[N+](C)(C)CC(=O)[O-]. The van der Waals surface area contributed by atoms with Crippen molar-refractivity contribution in [1.29, 1.82) is 0 Å². The van der Waals surface area contributed by atoms with Gasteiger partial charge in [0.05, 0.1) is 27.1 Å². The fourth-order valence-electron chi connectivity index (χ4n) is 0.387. The molecule has 33 heavy (non-hydrogen) atoms. The van der Waals surface area contributed by atoms with Crippen molar-refractivity contribution in [2.75, 3.05) is 27.7 Å². The highest BCUT2D eigenvalue weighted by atomic mass is 16.4. The van der Waals surface area contributed by atoms with Crippen LogP contribution in [0.5, 0.6) is 0 Å². The van der Waals surface area contributed by atoms with Gasteiger partial charge in [0, 0.05) is 29.8 Å². The molecule has 0 aromatic carbocycles. The van der Waals surface area contributed by atoms with Crippen LogP contribution in [0.4, 0.5) is 0 Å². The molecule has 0 heterocycles. The van der Waals surface area contributed by atoms with Crippen molar-refractivity contribution >= 4 is 35.8 Å². The fraction of sp³-hybridized carbons (Fsp3) is 0.700. The molecule has 0 bridgehead atoms. The van der Waals surface area contributed by atoms with Gasteiger partial charge in [0.2, 0.25) is 0 Å². The number of quaternary nitrogens is 1. The van der Waals surface area contributed by atoms with Gasteiger partial charge in [-0.1, -0.05) is 36.1 Å². The van der Waals surface area contributed by atoms with Gasteiger partial charge in [0.1, 0.15) is 6.54 Å². The van der Waals surface area contributed by atoms with Gasteiger partial charge < -0.3 is 63.9 Å². The molecule has 204 valence electrons. The monoisotopic (exact) mass is 488 g/mol. The molecule has 0 aromatic heterocycles. The number of carboxylic acid groups (broad SMARTS) is 6. The van der Waals surface area contributed by atoms with Crippen LogP contribution in [-0.2, 0) is 28.8 Å². The summed E-state index contributed by atoms with van der Waals surface area (Å²) in [5.41, 5.74) is 0. The zero-order chi connectivity index (χ0) is 26.1. The number of hydrogen-bond donors (Lipinski definition) is 0. The van der Waals surface area contributed by atoms with Crippen LogP contribution in [0.1, 0.15) is 69.7 Å². The van der Waals surface area contributed by atoms with Crippen LogP contribution in [-0.4, -0.2) is 68.0 Å². The topological polar surface area (TPSA) is 241 Å². The average molecular weight is 489 g/mol. The Balaban J connectivity index is -0.0000000300. The lowest BCUT2D eigenvalue weighted by Gasteiger charge is -2.23. The minimum Gasteiger partial charge on any atom is -0.550 e. The molecule has 0 unspecified atom stereocenters. The molecule has 0 amide bonds. The van der Waals surface area contributed by atoms with Crippen LogP contribution in [0.15, 0.2) is 0 Å². The van der Waals surface area contributed by atoms with Crippen molar-refractivity contribution in [2.45, 2.75) is 69.7 Å². The minimum absolute atomic E-state index is 0. The molecule has 13 heteroatoms. The third-order valence-electron chi connectivity index (χ3n) is 1.18. The van der Waals surface area contributed by atoms with Crippen molar-refractivity contribution in [3.05, 3.63) is 0 Å². The Morgan fingerprint density at radius 2 is 0.636 bits per heavy atom. The van der Waals surface area contributed by atoms with Crippen LogP contribution in [0.25, 0.3) is 0 Å². The van der Waals surface area contributed by atoms with Crippen molar-refractivity contribution < 1.29 is 63.9 Å². The van der Waals surface area contributed by atoms with Crippen LogP contribution < -0.4 is 30.6 Å². The second-order valence-corrected chi connectivity index (χ2v) is 5.75. The summed E-state index contributed by atoms with van der Waals surface area (Å²) in [4.78, 5) is 55.1. The molecule has 0 aromatic rings. The molecule has 0 aliphatic carbocycles. The van der Waals surface area contributed by atoms with E-state index < -0.39 is 35.8 Å². The second kappa shape index (κ2) is 39.3. The number of hydrogen-bond acceptors (Lipinski definition) is 12. The van der Waals surface area contributed by atoms with Crippen molar-refractivity contribution in [1.82, 2.24) is 0 Å². The van der Waals surface area contributed by atoms with Crippen LogP contribution in [0, 0.1) is 0 Å². The first-order valence-electron chi connectivity index (χ1n) is 8.08. The molecule has 0 aliphatic heterocycles. The van der Waals surface area contributed by atoms with E-state index in [1.807, 2.05) is 0 Å². The first-order chi connectivity index (χ1) is 13.2. The van der Waals surface area contributed by atoms with Gasteiger partial charge in [-0.25, -0.2) is 0 Å². The maximum atomic E-state index is 9.89. The quantitative estimate of drug-likeness (QED) is 0.337. The summed E-state index contributed by atoms with van der Waals surface area (Å²) in [5.74, 6) is -6.24. The first kappa shape index (κ1) is 57.1. The average Bonchev–Trinajstić information content (AvgIpc) is 2.43. The van der Waals surface area contributed by atoms with Crippen LogP contribution in [0.3, 0.4) is 0 Å². The van der Waals surface area contributed by atoms with Crippen LogP contribution >= 0.6 is 0 Å². The van der Waals surface area contributed by atoms with Crippen molar-refractivity contribution in [2.24, 2.45) is 0 Å². The maximum Gasteiger partial charge on any atom is 0.118 e. The Labute approximate surface area is 197 Å². The Hall–Kier alpha value is -3.22. The van der Waals surface area contributed by atoms with Crippen molar-refractivity contribution in [3.63, 3.8) is 0 Å². The molecule has 0 spiro atoms. The molecule has 0 radical (unpaired) electrons. The Morgan fingerprint density at radius 3 is 0.636 bits per heavy atom. The number of aliphatic carboxylic acids is 6. The number of rotatable bonds is 4. The summed E-state index contributed by atoms with van der Waals surface area (Å²) in [5, 5.41) is 55.1. The summed E-state index contributed by atoms with van der Waals surface area (Å²) in [6, 6.07) is 0. The Bertz CT molecular complexity index is 443. The molecule has 0 rings (SSSR count). The predicted octanol–water partition coefficient (Wildman–Crippen LogP) is -5.09. The van der Waals surface area contributed by atoms with Gasteiger partial charge in [-0.15, -0.1) is 0 Å². The van der Waals surface area contributed by atoms with E-state index in [2.05, 4.69) is 0 Å². The van der Waals surface area contributed by atoms with Crippen LogP contribution in [0.2, 0.25) is 0 Å². The van der Waals surface area contributed by atoms with E-state index in [4.69, 9.17) is 29.7 Å². The summed E-state index contributed by atoms with van der Waals surface area (Å²) >= 11 is 0. The standard InChI is InChI=1S/C5H11NO2.2C3H6O2.3C2H4O2.3CH4/c1-6(2,3)4-5(7)8;2*1-2-3(4)5;3*1-2(3)4;;;/h4H2,1-3H3;2*2H2,1H3,(H,4,5);3*1H3,(H,3,4);3*1H4/p-5. The highest BCUT2D eigenvalue weighted by molar-refractivity contribution is 5.65. The molecule has 0 atom stereocenters. The van der Waals surface area contributed by atoms with E-state index in [0.29, 0.717) is 4.48 Å². The lowest BCUT2D eigenvalue weighted by molar-refractivity contribution is -0.864. The fourth-order valence-corrected chi connectivity index (χ4v) is 0.387. The highest BCUT2D eigenvalue weighted by Crippen LogP contribution is 1.84. The lowest BCUT2D eigenvalue weighted by atomic mass is 10.5. The molecule has 0 N–H and O–H groups in total. The molecule has 0 fully saturated rings. The molecular formula is C20H42NO12-5. The minimum atomic E-state index is -1.08. The molecule has 13 nitrogen and oxygen atoms in total. The van der Waals surface area contributed by atoms with E-state index in [1.165, 1.54) is 13.8 Å². The third-order valence-corrected chi connectivity index (χ3v) is 1.18. The summed E-state index contributed by atoms with van der Waals surface area (Å²) in [6.07, 6.45) is 0.222. The smallest absolute Gasteiger partial charge is 0.118 e. The number of nitrogens with zero attached hydrogens (tertiary/aromatic N) is 1. The summed E-state index contributed by atoms with van der Waals surface area (Å²) in [7, 11) is 5.40. The first-order valence-corrected chi connectivity index (χ1v) is 8.08. The number of carbonyl (C=O) groups is 6. The van der Waals surface area contributed by atoms with Gasteiger partial charge in [0.15, 0.2) is 0 Å². The van der Waals surface area contributed by atoms with Gasteiger partial charge in [-0.05, 0) is 33.6 Å². The van der Waals surface area contributed by atoms with E-state index in [9.17, 15) is 29.7 Å². The Kier molecular flexibility index (Phi) is 68.0. The summed E-state index contributed by atoms with van der Waals surface area (Å²) < 4.78 is 0.419. The van der Waals surface area contributed by atoms with E-state index in [0.717, 1.165) is 20.8 Å². The largest absolute Gasteiger partial charge is 0.550 e. The van der Waals surface area contributed by atoms with E-state index >= 15 is 0 Å². The van der Waals surface area contributed by atoms with Crippen molar-refractivity contribution in [3.8, 4) is 0 Å². The number of carboxylic acids is 6. The van der Waals surface area contributed by atoms with E-state index in [1.54, 1.807) is 21.1 Å². The van der Waals surface area contributed by atoms with Gasteiger partial charge in [-0.2, -0.15) is 0 Å². The Morgan fingerprint density at radius 1 is 0.515 bits per heavy atom. The third kappa shape index (κ3) is 618. The zero-order valence-electron chi connectivity index (χ0n) is 18.5. The van der Waals surface area contributed by atoms with Gasteiger partial charge in [-0.3, -0.25) is 0 Å². The number of likely N-dealkylation sites (N-methyl/N-ethyl adjacent to an activating group) is 1. The zero-order valence-corrected chi connectivity index (χ0v) is 18.5. The molecule has 0 saturated heterocycles. The van der Waals surface area contributed by atoms with Gasteiger partial charge in [0.25, 0.3) is 0 Å².